The predicted molar refractivity (Wildman–Crippen MR) is 76.7 cm³/mol. The summed E-state index contributed by atoms with van der Waals surface area (Å²) in [5, 5.41) is 0. The van der Waals surface area contributed by atoms with Gasteiger partial charge in [0.1, 0.15) is 5.82 Å². The number of para-hydroxylation sites is 1. The minimum Gasteiger partial charge on any atom is -0.382 e. The van der Waals surface area contributed by atoms with Crippen molar-refractivity contribution in [2.75, 3.05) is 26.9 Å². The monoisotopic (exact) mass is 282 g/mol. The molecular formula is C14H19ClN2O2. The third-order valence-electron chi connectivity index (χ3n) is 3.07. The summed E-state index contributed by atoms with van der Waals surface area (Å²) < 4.78 is 12.6. The molecule has 0 bridgehead atoms. The molecule has 0 N–H and O–H groups in total. The average Bonchev–Trinajstić information content (AvgIpc) is 2.78. The van der Waals surface area contributed by atoms with Gasteiger partial charge in [0.05, 0.1) is 36.7 Å². The number of methoxy groups -OCH3 is 1. The molecule has 5 heteroatoms. The molecule has 0 saturated heterocycles. The van der Waals surface area contributed by atoms with E-state index in [2.05, 4.69) is 28.6 Å². The van der Waals surface area contributed by atoms with Gasteiger partial charge in [-0.15, -0.1) is 11.6 Å². The quantitative estimate of drug-likeness (QED) is 0.579. The van der Waals surface area contributed by atoms with E-state index in [0.717, 1.165) is 23.4 Å². The number of imidazole rings is 1. The third kappa shape index (κ3) is 3.26. The van der Waals surface area contributed by atoms with Crippen molar-refractivity contribution in [1.29, 1.82) is 0 Å². The number of rotatable bonds is 7. The number of hydrogen-bond acceptors (Lipinski definition) is 3. The number of halogens is 1. The highest BCUT2D eigenvalue weighted by molar-refractivity contribution is 6.16. The Morgan fingerprint density at radius 3 is 2.84 bits per heavy atom. The minimum atomic E-state index is 0.409. The highest BCUT2D eigenvalue weighted by Gasteiger charge is 2.10. The Morgan fingerprint density at radius 2 is 2.11 bits per heavy atom. The maximum absolute atomic E-state index is 5.97. The lowest BCUT2D eigenvalue weighted by molar-refractivity contribution is 0.0667. The summed E-state index contributed by atoms with van der Waals surface area (Å²) in [5.41, 5.74) is 3.31. The van der Waals surface area contributed by atoms with Gasteiger partial charge in [0.2, 0.25) is 0 Å². The molecule has 0 aliphatic rings. The van der Waals surface area contributed by atoms with Crippen LogP contribution in [0.25, 0.3) is 11.0 Å². The summed E-state index contributed by atoms with van der Waals surface area (Å²) in [6.45, 7) is 4.68. The average molecular weight is 283 g/mol. The van der Waals surface area contributed by atoms with E-state index >= 15 is 0 Å². The number of hydrogen-bond donors (Lipinski definition) is 0. The fraction of sp³-hybridized carbons (Fsp3) is 0.500. The fourth-order valence-electron chi connectivity index (χ4n) is 2.09. The molecular weight excluding hydrogens is 264 g/mol. The van der Waals surface area contributed by atoms with Crippen LogP contribution in [-0.4, -0.2) is 36.5 Å². The predicted octanol–water partition coefficient (Wildman–Crippen LogP) is 2.75. The van der Waals surface area contributed by atoms with Gasteiger partial charge < -0.3 is 14.0 Å². The van der Waals surface area contributed by atoms with Crippen molar-refractivity contribution in [3.63, 3.8) is 0 Å². The van der Waals surface area contributed by atoms with Crippen molar-refractivity contribution in [2.45, 2.75) is 19.3 Å². The molecule has 0 aliphatic heterocycles. The zero-order chi connectivity index (χ0) is 13.7. The lowest BCUT2D eigenvalue weighted by Gasteiger charge is -2.08. The zero-order valence-electron chi connectivity index (χ0n) is 11.4. The molecule has 0 aliphatic carbocycles. The third-order valence-corrected chi connectivity index (χ3v) is 3.31. The fourth-order valence-corrected chi connectivity index (χ4v) is 2.29. The van der Waals surface area contributed by atoms with Crippen molar-refractivity contribution in [1.82, 2.24) is 9.55 Å². The van der Waals surface area contributed by atoms with Crippen LogP contribution in [0.5, 0.6) is 0 Å². The number of ether oxygens (including phenoxy) is 2. The molecule has 0 amide bonds. The highest BCUT2D eigenvalue weighted by Crippen LogP contribution is 2.20. The summed E-state index contributed by atoms with van der Waals surface area (Å²) in [7, 11) is 1.67. The van der Waals surface area contributed by atoms with Crippen LogP contribution in [0.15, 0.2) is 18.2 Å². The largest absolute Gasteiger partial charge is 0.382 e. The van der Waals surface area contributed by atoms with Gasteiger partial charge in [-0.2, -0.15) is 0 Å². The van der Waals surface area contributed by atoms with E-state index in [9.17, 15) is 0 Å². The van der Waals surface area contributed by atoms with Crippen molar-refractivity contribution >= 4 is 22.6 Å². The molecule has 0 spiro atoms. The normalized spacial score (nSPS) is 11.3. The van der Waals surface area contributed by atoms with Crippen molar-refractivity contribution < 1.29 is 9.47 Å². The van der Waals surface area contributed by atoms with Gasteiger partial charge >= 0.3 is 0 Å². The van der Waals surface area contributed by atoms with Crippen LogP contribution in [0.1, 0.15) is 11.4 Å². The first-order valence-corrected chi connectivity index (χ1v) is 6.88. The highest BCUT2D eigenvalue weighted by atomic mass is 35.5. The first-order valence-electron chi connectivity index (χ1n) is 6.35. The standard InChI is InChI=1S/C14H19ClN2O2/c1-11-4-3-5-12-14(11)16-13(10-15)17(12)6-7-19-9-8-18-2/h3-5H,6-10H2,1-2H3. The first kappa shape index (κ1) is 14.3. The van der Waals surface area contributed by atoms with Crippen LogP contribution in [0.4, 0.5) is 0 Å². The van der Waals surface area contributed by atoms with Crippen LogP contribution in [0, 0.1) is 6.92 Å². The Balaban J connectivity index is 2.14. The Bertz CT molecular complexity index is 539. The summed E-state index contributed by atoms with van der Waals surface area (Å²) >= 11 is 5.97. The number of aryl methyl sites for hydroxylation is 1. The van der Waals surface area contributed by atoms with E-state index in [1.165, 1.54) is 5.56 Å². The van der Waals surface area contributed by atoms with Gasteiger partial charge in [-0.3, -0.25) is 0 Å². The second-order valence-corrected chi connectivity index (χ2v) is 4.63. The zero-order valence-corrected chi connectivity index (χ0v) is 12.1. The smallest absolute Gasteiger partial charge is 0.124 e. The lowest BCUT2D eigenvalue weighted by Crippen LogP contribution is -2.11. The van der Waals surface area contributed by atoms with Gasteiger partial charge in [-0.05, 0) is 18.6 Å². The van der Waals surface area contributed by atoms with Crippen molar-refractivity contribution in [3.8, 4) is 0 Å². The molecule has 2 rings (SSSR count). The maximum atomic E-state index is 5.97. The van der Waals surface area contributed by atoms with Crippen LogP contribution in [0.2, 0.25) is 0 Å². The molecule has 4 nitrogen and oxygen atoms in total. The molecule has 0 atom stereocenters. The van der Waals surface area contributed by atoms with E-state index in [4.69, 9.17) is 21.1 Å². The molecule has 0 unspecified atom stereocenters. The first-order chi connectivity index (χ1) is 9.27. The number of benzene rings is 1. The second-order valence-electron chi connectivity index (χ2n) is 4.36. The van der Waals surface area contributed by atoms with Crippen LogP contribution in [0.3, 0.4) is 0 Å². The molecule has 1 aromatic heterocycles. The molecule has 0 fully saturated rings. The number of aromatic nitrogens is 2. The van der Waals surface area contributed by atoms with Gasteiger partial charge in [-0.25, -0.2) is 4.98 Å². The van der Waals surface area contributed by atoms with Gasteiger partial charge in [-0.1, -0.05) is 12.1 Å². The van der Waals surface area contributed by atoms with Crippen LogP contribution in [-0.2, 0) is 21.9 Å². The second kappa shape index (κ2) is 6.89. The van der Waals surface area contributed by atoms with Crippen molar-refractivity contribution in [3.05, 3.63) is 29.6 Å². The SMILES string of the molecule is COCCOCCn1c(CCl)nc2c(C)cccc21. The molecule has 0 saturated carbocycles. The van der Waals surface area contributed by atoms with E-state index in [1.54, 1.807) is 7.11 Å². The molecule has 104 valence electrons. The Labute approximate surface area is 118 Å². The van der Waals surface area contributed by atoms with Crippen LogP contribution < -0.4 is 0 Å². The molecule has 2 aromatic rings. The Morgan fingerprint density at radius 1 is 1.26 bits per heavy atom. The van der Waals surface area contributed by atoms with Crippen LogP contribution >= 0.6 is 11.6 Å². The van der Waals surface area contributed by atoms with E-state index in [1.807, 2.05) is 6.07 Å². The van der Waals surface area contributed by atoms with E-state index < -0.39 is 0 Å². The minimum absolute atomic E-state index is 0.409. The van der Waals surface area contributed by atoms with Gasteiger partial charge in [0, 0.05) is 13.7 Å². The van der Waals surface area contributed by atoms with E-state index in [0.29, 0.717) is 25.7 Å². The van der Waals surface area contributed by atoms with E-state index in [-0.39, 0.29) is 0 Å². The lowest BCUT2D eigenvalue weighted by atomic mass is 10.2. The summed E-state index contributed by atoms with van der Waals surface area (Å²) in [4.78, 5) is 4.60. The molecule has 1 heterocycles. The number of nitrogens with zero attached hydrogens (tertiary/aromatic N) is 2. The number of alkyl halides is 1. The maximum Gasteiger partial charge on any atom is 0.124 e. The number of fused-ring (bicyclic) bond motifs is 1. The summed E-state index contributed by atoms with van der Waals surface area (Å²) in [6.07, 6.45) is 0. The Hall–Kier alpha value is -1.10. The molecule has 1 aromatic carbocycles. The van der Waals surface area contributed by atoms with Crippen molar-refractivity contribution in [2.24, 2.45) is 0 Å². The van der Waals surface area contributed by atoms with Gasteiger partial charge in [0.25, 0.3) is 0 Å². The topological polar surface area (TPSA) is 36.3 Å². The molecule has 0 radical (unpaired) electrons. The summed E-state index contributed by atoms with van der Waals surface area (Å²) in [5.74, 6) is 1.30. The summed E-state index contributed by atoms with van der Waals surface area (Å²) in [6, 6.07) is 6.17. The Kier molecular flexibility index (Phi) is 5.19. The molecule has 19 heavy (non-hydrogen) atoms. The van der Waals surface area contributed by atoms with Gasteiger partial charge in [0.15, 0.2) is 0 Å².